The van der Waals surface area contributed by atoms with Crippen LogP contribution in [0.15, 0.2) is 18.5 Å². The molecule has 0 spiro atoms. The summed E-state index contributed by atoms with van der Waals surface area (Å²) in [5.41, 5.74) is 2.22. The second-order valence-electron chi connectivity index (χ2n) is 8.17. The lowest BCUT2D eigenvalue weighted by atomic mass is 9.83. The molecule has 2 aromatic heterocycles. The van der Waals surface area contributed by atoms with E-state index in [4.69, 9.17) is 14.7 Å². The Balaban J connectivity index is 1.26. The van der Waals surface area contributed by atoms with Gasteiger partial charge in [0.1, 0.15) is 18.0 Å². The fourth-order valence-corrected chi connectivity index (χ4v) is 4.23. The molecule has 2 saturated heterocycles. The highest BCUT2D eigenvalue weighted by atomic mass is 16.5. The van der Waals surface area contributed by atoms with Crippen LogP contribution in [0.5, 0.6) is 0 Å². The summed E-state index contributed by atoms with van der Waals surface area (Å²) in [6, 6.07) is 4.27. The van der Waals surface area contributed by atoms with Crippen LogP contribution >= 0.6 is 0 Å². The zero-order chi connectivity index (χ0) is 19.6. The lowest BCUT2D eigenvalue weighted by Crippen LogP contribution is -2.47. The van der Waals surface area contributed by atoms with Gasteiger partial charge in [-0.15, -0.1) is 0 Å². The number of aromatic nitrogens is 4. The second-order valence-corrected chi connectivity index (χ2v) is 8.17. The summed E-state index contributed by atoms with van der Waals surface area (Å²) >= 11 is 0. The highest BCUT2D eigenvalue weighted by Crippen LogP contribution is 2.36. The fraction of sp³-hybridized carbons (Fsp3) is 0.619. The van der Waals surface area contributed by atoms with Crippen LogP contribution in [0.2, 0.25) is 0 Å². The number of nitrogens with zero attached hydrogens (tertiary/aromatic N) is 7. The average molecular weight is 396 g/mol. The first-order chi connectivity index (χ1) is 14.3. The van der Waals surface area contributed by atoms with E-state index in [-0.39, 0.29) is 0 Å². The Morgan fingerprint density at radius 2 is 1.55 bits per heavy atom. The van der Waals surface area contributed by atoms with Crippen molar-refractivity contribution in [1.82, 2.24) is 19.9 Å². The second kappa shape index (κ2) is 8.10. The van der Waals surface area contributed by atoms with Crippen molar-refractivity contribution in [2.75, 3.05) is 67.2 Å². The maximum absolute atomic E-state index is 5.47. The molecule has 29 heavy (non-hydrogen) atoms. The molecule has 0 N–H and O–H groups in total. The highest BCUT2D eigenvalue weighted by molar-refractivity contribution is 5.48. The quantitative estimate of drug-likeness (QED) is 0.779. The summed E-state index contributed by atoms with van der Waals surface area (Å²) in [5, 5.41) is 0. The minimum Gasteiger partial charge on any atom is -0.378 e. The zero-order valence-electron chi connectivity index (χ0n) is 17.1. The number of hydrogen-bond acceptors (Lipinski definition) is 8. The molecule has 0 atom stereocenters. The molecule has 1 aliphatic carbocycles. The molecule has 2 aromatic rings. The van der Waals surface area contributed by atoms with Crippen molar-refractivity contribution in [1.29, 1.82) is 0 Å². The standard InChI is InChI=1S/C21H29N7O/c1-16-13-20(27-9-11-29-12-10-27)25-21(24-16)28-7-5-26(6-8-28)19-14-18(22-15-23-19)17-3-2-4-17/h13-15,17H,2-12H2,1H3. The van der Waals surface area contributed by atoms with Crippen LogP contribution in [0.4, 0.5) is 17.6 Å². The van der Waals surface area contributed by atoms with E-state index in [9.17, 15) is 0 Å². The lowest BCUT2D eigenvalue weighted by molar-refractivity contribution is 0.122. The molecule has 8 nitrogen and oxygen atoms in total. The van der Waals surface area contributed by atoms with Crippen molar-refractivity contribution in [3.63, 3.8) is 0 Å². The Kier molecular flexibility index (Phi) is 5.18. The molecule has 8 heteroatoms. The smallest absolute Gasteiger partial charge is 0.227 e. The molecular formula is C21H29N7O. The monoisotopic (exact) mass is 395 g/mol. The van der Waals surface area contributed by atoms with Gasteiger partial charge in [-0.25, -0.2) is 15.0 Å². The van der Waals surface area contributed by atoms with Crippen LogP contribution in [0.25, 0.3) is 0 Å². The van der Waals surface area contributed by atoms with E-state index >= 15 is 0 Å². The molecule has 4 heterocycles. The number of morpholine rings is 1. The van der Waals surface area contributed by atoms with Gasteiger partial charge < -0.3 is 19.4 Å². The number of aryl methyl sites for hydroxylation is 1. The Labute approximate surface area is 171 Å². The van der Waals surface area contributed by atoms with Crippen LogP contribution in [-0.2, 0) is 4.74 Å². The van der Waals surface area contributed by atoms with Gasteiger partial charge in [0.05, 0.1) is 13.2 Å². The topological polar surface area (TPSA) is 70.5 Å². The third kappa shape index (κ3) is 3.99. The van der Waals surface area contributed by atoms with E-state index in [1.54, 1.807) is 6.33 Å². The molecule has 5 rings (SSSR count). The summed E-state index contributed by atoms with van der Waals surface area (Å²) in [5.74, 6) is 3.54. The van der Waals surface area contributed by atoms with Crippen molar-refractivity contribution < 1.29 is 4.74 Å². The molecular weight excluding hydrogens is 366 g/mol. The Morgan fingerprint density at radius 3 is 2.28 bits per heavy atom. The molecule has 1 saturated carbocycles. The molecule has 0 bridgehead atoms. The maximum Gasteiger partial charge on any atom is 0.227 e. The zero-order valence-corrected chi connectivity index (χ0v) is 17.1. The van der Waals surface area contributed by atoms with Gasteiger partial charge in [0.25, 0.3) is 0 Å². The molecule has 0 unspecified atom stereocenters. The van der Waals surface area contributed by atoms with Crippen LogP contribution in [-0.4, -0.2) is 72.4 Å². The molecule has 0 amide bonds. The number of piperazine rings is 1. The van der Waals surface area contributed by atoms with Gasteiger partial charge in [0.15, 0.2) is 0 Å². The summed E-state index contributed by atoms with van der Waals surface area (Å²) in [7, 11) is 0. The van der Waals surface area contributed by atoms with E-state index in [0.717, 1.165) is 75.8 Å². The minimum atomic E-state index is 0.636. The molecule has 3 aliphatic rings. The number of hydrogen-bond donors (Lipinski definition) is 0. The van der Waals surface area contributed by atoms with E-state index in [1.807, 2.05) is 6.92 Å². The van der Waals surface area contributed by atoms with Gasteiger partial charge in [-0.2, -0.15) is 4.98 Å². The van der Waals surface area contributed by atoms with Crippen molar-refractivity contribution >= 4 is 17.6 Å². The van der Waals surface area contributed by atoms with Crippen LogP contribution in [0.1, 0.15) is 36.6 Å². The summed E-state index contributed by atoms with van der Waals surface area (Å²) < 4.78 is 5.47. The summed E-state index contributed by atoms with van der Waals surface area (Å²) in [6.45, 7) is 8.99. The molecule has 0 aromatic carbocycles. The third-order valence-electron chi connectivity index (χ3n) is 6.25. The number of anilines is 3. The number of ether oxygens (including phenoxy) is 1. The first kappa shape index (κ1) is 18.5. The van der Waals surface area contributed by atoms with E-state index in [2.05, 4.69) is 36.8 Å². The lowest BCUT2D eigenvalue weighted by Gasteiger charge is -2.36. The van der Waals surface area contributed by atoms with E-state index < -0.39 is 0 Å². The number of rotatable bonds is 4. The van der Waals surface area contributed by atoms with Crippen molar-refractivity contribution in [3.05, 3.63) is 29.8 Å². The molecule has 3 fully saturated rings. The highest BCUT2D eigenvalue weighted by Gasteiger charge is 2.25. The third-order valence-corrected chi connectivity index (χ3v) is 6.25. The molecule has 0 radical (unpaired) electrons. The SMILES string of the molecule is Cc1cc(N2CCOCC2)nc(N2CCN(c3cc(C4CCC4)ncn3)CC2)n1. The summed E-state index contributed by atoms with van der Waals surface area (Å²) in [4.78, 5) is 25.6. The average Bonchev–Trinajstić information content (AvgIpc) is 2.73. The first-order valence-corrected chi connectivity index (χ1v) is 10.8. The van der Waals surface area contributed by atoms with Gasteiger partial charge in [0, 0.05) is 68.7 Å². The largest absolute Gasteiger partial charge is 0.378 e. The van der Waals surface area contributed by atoms with Gasteiger partial charge in [-0.05, 0) is 19.8 Å². The van der Waals surface area contributed by atoms with Crippen molar-refractivity contribution in [3.8, 4) is 0 Å². The van der Waals surface area contributed by atoms with Crippen LogP contribution in [0.3, 0.4) is 0 Å². The molecule has 2 aliphatic heterocycles. The summed E-state index contributed by atoms with van der Waals surface area (Å²) in [6.07, 6.45) is 5.58. The van der Waals surface area contributed by atoms with Crippen molar-refractivity contribution in [2.24, 2.45) is 0 Å². The van der Waals surface area contributed by atoms with Gasteiger partial charge in [0.2, 0.25) is 5.95 Å². The van der Waals surface area contributed by atoms with Gasteiger partial charge >= 0.3 is 0 Å². The Hall–Kier alpha value is -2.48. The van der Waals surface area contributed by atoms with Crippen LogP contribution < -0.4 is 14.7 Å². The predicted molar refractivity (Wildman–Crippen MR) is 113 cm³/mol. The Bertz CT molecular complexity index is 843. The van der Waals surface area contributed by atoms with Gasteiger partial charge in [-0.3, -0.25) is 0 Å². The van der Waals surface area contributed by atoms with Gasteiger partial charge in [-0.1, -0.05) is 6.42 Å². The molecule has 154 valence electrons. The normalized spacial score (nSPS) is 20.7. The first-order valence-electron chi connectivity index (χ1n) is 10.8. The predicted octanol–water partition coefficient (Wildman–Crippen LogP) is 2.01. The maximum atomic E-state index is 5.47. The Morgan fingerprint density at radius 1 is 0.828 bits per heavy atom. The minimum absolute atomic E-state index is 0.636. The van der Waals surface area contributed by atoms with E-state index in [0.29, 0.717) is 5.92 Å². The fourth-order valence-electron chi connectivity index (χ4n) is 4.23. The van der Waals surface area contributed by atoms with Crippen LogP contribution in [0, 0.1) is 6.92 Å². The van der Waals surface area contributed by atoms with Crippen molar-refractivity contribution in [2.45, 2.75) is 32.1 Å². The van der Waals surface area contributed by atoms with E-state index in [1.165, 1.54) is 25.0 Å².